The van der Waals surface area contributed by atoms with Crippen LogP contribution in [0.25, 0.3) is 0 Å². The van der Waals surface area contributed by atoms with Gasteiger partial charge >= 0.3 is 0 Å². The lowest BCUT2D eigenvalue weighted by atomic mass is 10.1. The van der Waals surface area contributed by atoms with Crippen LogP contribution in [0.2, 0.25) is 0 Å². The molecule has 1 heterocycles. The Morgan fingerprint density at radius 3 is 2.45 bits per heavy atom. The largest absolute Gasteiger partial charge is 0.497 e. The zero-order chi connectivity index (χ0) is 21.6. The van der Waals surface area contributed by atoms with Crippen molar-refractivity contribution < 1.29 is 14.3 Å². The number of anilines is 2. The molecule has 0 unspecified atom stereocenters. The number of hydrogen-bond acceptors (Lipinski definition) is 4. The Kier molecular flexibility index (Phi) is 6.41. The second kappa shape index (κ2) is 9.56. The maximum absolute atomic E-state index is 12.7. The van der Waals surface area contributed by atoms with Crippen LogP contribution in [-0.2, 0) is 24.2 Å². The number of para-hydroxylation sites is 2. The molecule has 3 aromatic carbocycles. The van der Waals surface area contributed by atoms with Crippen molar-refractivity contribution in [2.75, 3.05) is 31.0 Å². The van der Waals surface area contributed by atoms with Gasteiger partial charge in [0.05, 0.1) is 14.2 Å². The number of hydrogen-bond donors (Lipinski definition) is 1. The first-order valence-corrected chi connectivity index (χ1v) is 10.6. The average molecular weight is 417 g/mol. The van der Waals surface area contributed by atoms with Gasteiger partial charge in [-0.1, -0.05) is 36.4 Å². The number of nitrogens with zero attached hydrogens (tertiary/aromatic N) is 1. The average Bonchev–Trinajstić information content (AvgIpc) is 3.21. The summed E-state index contributed by atoms with van der Waals surface area (Å²) < 4.78 is 10.6. The van der Waals surface area contributed by atoms with Crippen LogP contribution in [0.4, 0.5) is 11.4 Å². The number of methoxy groups -OCH3 is 2. The fraction of sp³-hybridized carbons (Fsp3) is 0.269. The highest BCUT2D eigenvalue weighted by molar-refractivity contribution is 5.91. The van der Waals surface area contributed by atoms with Gasteiger partial charge in [-0.2, -0.15) is 0 Å². The van der Waals surface area contributed by atoms with Crippen LogP contribution in [-0.4, -0.2) is 26.7 Å². The minimum absolute atomic E-state index is 0.00365. The molecule has 1 aliphatic heterocycles. The summed E-state index contributed by atoms with van der Waals surface area (Å²) in [5, 5.41) is 3.11. The predicted molar refractivity (Wildman–Crippen MR) is 124 cm³/mol. The molecule has 1 N–H and O–H groups in total. The summed E-state index contributed by atoms with van der Waals surface area (Å²) in [5.74, 6) is 1.45. The van der Waals surface area contributed by atoms with Crippen molar-refractivity contribution in [3.05, 3.63) is 83.4 Å². The van der Waals surface area contributed by atoms with Crippen molar-refractivity contribution in [1.29, 1.82) is 0 Å². The highest BCUT2D eigenvalue weighted by atomic mass is 16.5. The number of carbonyl (C=O) groups excluding carboxylic acids is 1. The molecule has 0 radical (unpaired) electrons. The number of carbonyl (C=O) groups is 1. The van der Waals surface area contributed by atoms with Gasteiger partial charge in [-0.05, 0) is 53.8 Å². The first-order valence-electron chi connectivity index (χ1n) is 10.6. The van der Waals surface area contributed by atoms with Gasteiger partial charge in [0.25, 0.3) is 0 Å². The second-order valence-corrected chi connectivity index (χ2v) is 7.73. The molecule has 0 atom stereocenters. The zero-order valence-electron chi connectivity index (χ0n) is 18.1. The van der Waals surface area contributed by atoms with Gasteiger partial charge in [-0.25, -0.2) is 0 Å². The van der Waals surface area contributed by atoms with Crippen LogP contribution in [0.15, 0.2) is 66.7 Å². The number of nitrogens with one attached hydrogen (secondary N) is 1. The molecule has 0 aliphatic carbocycles. The van der Waals surface area contributed by atoms with Gasteiger partial charge in [0, 0.05) is 37.0 Å². The molecule has 1 amide bonds. The van der Waals surface area contributed by atoms with Crippen molar-refractivity contribution in [2.45, 2.75) is 25.8 Å². The normalized spacial score (nSPS) is 12.4. The van der Waals surface area contributed by atoms with Crippen molar-refractivity contribution >= 4 is 17.3 Å². The van der Waals surface area contributed by atoms with Crippen molar-refractivity contribution in [3.63, 3.8) is 0 Å². The molecule has 0 bridgehead atoms. The van der Waals surface area contributed by atoms with Crippen LogP contribution >= 0.6 is 0 Å². The van der Waals surface area contributed by atoms with E-state index < -0.39 is 0 Å². The molecule has 0 saturated heterocycles. The molecule has 0 aromatic heterocycles. The Hall–Kier alpha value is -3.47. The minimum Gasteiger partial charge on any atom is -0.497 e. The number of benzene rings is 3. The van der Waals surface area contributed by atoms with E-state index in [4.69, 9.17) is 9.47 Å². The minimum atomic E-state index is -0.00365. The van der Waals surface area contributed by atoms with E-state index in [9.17, 15) is 4.79 Å². The van der Waals surface area contributed by atoms with Crippen molar-refractivity contribution in [3.8, 4) is 11.5 Å². The maximum Gasteiger partial charge on any atom is 0.224 e. The van der Waals surface area contributed by atoms with E-state index in [2.05, 4.69) is 40.5 Å². The molecule has 3 aromatic rings. The van der Waals surface area contributed by atoms with Crippen molar-refractivity contribution in [2.24, 2.45) is 0 Å². The predicted octanol–water partition coefficient (Wildman–Crippen LogP) is 4.84. The van der Waals surface area contributed by atoms with Gasteiger partial charge in [-0.3, -0.25) is 4.79 Å². The first-order chi connectivity index (χ1) is 15.2. The van der Waals surface area contributed by atoms with Gasteiger partial charge in [0.2, 0.25) is 5.91 Å². The van der Waals surface area contributed by atoms with Gasteiger partial charge in [0.1, 0.15) is 11.5 Å². The van der Waals surface area contributed by atoms with Gasteiger partial charge < -0.3 is 19.7 Å². The molecule has 160 valence electrons. The Morgan fingerprint density at radius 1 is 0.968 bits per heavy atom. The topological polar surface area (TPSA) is 50.8 Å². The van der Waals surface area contributed by atoms with Gasteiger partial charge in [0.15, 0.2) is 0 Å². The van der Waals surface area contributed by atoms with E-state index in [1.165, 1.54) is 11.3 Å². The zero-order valence-corrected chi connectivity index (χ0v) is 18.1. The number of amides is 1. The molecule has 31 heavy (non-hydrogen) atoms. The second-order valence-electron chi connectivity index (χ2n) is 7.73. The summed E-state index contributed by atoms with van der Waals surface area (Å²) in [6.07, 6.45) is 2.06. The third-order valence-corrected chi connectivity index (χ3v) is 5.69. The summed E-state index contributed by atoms with van der Waals surface area (Å²) >= 11 is 0. The Balaban J connectivity index is 1.41. The molecule has 4 rings (SSSR count). The highest BCUT2D eigenvalue weighted by Gasteiger charge is 2.19. The number of aryl methyl sites for hydroxylation is 1. The number of rotatable bonds is 8. The van der Waals surface area contributed by atoms with E-state index >= 15 is 0 Å². The molecule has 1 aliphatic rings. The molecule has 0 fully saturated rings. The summed E-state index contributed by atoms with van der Waals surface area (Å²) in [7, 11) is 3.25. The number of ether oxygens (including phenoxy) is 2. The van der Waals surface area contributed by atoms with Crippen LogP contribution in [0, 0.1) is 0 Å². The SMILES string of the molecule is COc1cc(CCC(=O)Nc2ccccc2CN2CCc3ccccc32)cc(OC)c1. The third kappa shape index (κ3) is 5.00. The summed E-state index contributed by atoms with van der Waals surface area (Å²) in [5.41, 5.74) is 5.68. The Morgan fingerprint density at radius 2 is 1.68 bits per heavy atom. The number of fused-ring (bicyclic) bond motifs is 1. The van der Waals surface area contributed by atoms with E-state index in [1.807, 2.05) is 36.4 Å². The summed E-state index contributed by atoms with van der Waals surface area (Å²) in [6.45, 7) is 1.78. The Labute approximate surface area is 183 Å². The molecular weight excluding hydrogens is 388 g/mol. The standard InChI is InChI=1S/C26H28N2O3/c1-30-22-15-19(16-23(17-22)31-2)11-12-26(29)27-24-9-5-3-8-21(24)18-28-14-13-20-7-4-6-10-25(20)28/h3-10,15-17H,11-14,18H2,1-2H3,(H,27,29). The van der Waals surface area contributed by atoms with Crippen molar-refractivity contribution in [1.82, 2.24) is 0 Å². The van der Waals surface area contributed by atoms with Crippen LogP contribution in [0.1, 0.15) is 23.1 Å². The van der Waals surface area contributed by atoms with Gasteiger partial charge in [-0.15, -0.1) is 0 Å². The Bertz CT molecular complexity index is 1040. The lowest BCUT2D eigenvalue weighted by Gasteiger charge is -2.21. The molecule has 0 saturated carbocycles. The molecule has 5 heteroatoms. The summed E-state index contributed by atoms with van der Waals surface area (Å²) in [6, 6.07) is 22.3. The monoisotopic (exact) mass is 416 g/mol. The maximum atomic E-state index is 12.7. The third-order valence-electron chi connectivity index (χ3n) is 5.69. The lowest BCUT2D eigenvalue weighted by Crippen LogP contribution is -2.21. The van der Waals surface area contributed by atoms with E-state index in [1.54, 1.807) is 14.2 Å². The van der Waals surface area contributed by atoms with Crippen LogP contribution in [0.5, 0.6) is 11.5 Å². The summed E-state index contributed by atoms with van der Waals surface area (Å²) in [4.78, 5) is 15.1. The molecular formula is C26H28N2O3. The first kappa shape index (κ1) is 20.8. The quantitative estimate of drug-likeness (QED) is 0.571. The molecule has 5 nitrogen and oxygen atoms in total. The highest BCUT2D eigenvalue weighted by Crippen LogP contribution is 2.30. The molecule has 0 spiro atoms. The fourth-order valence-electron chi connectivity index (χ4n) is 4.04. The van der Waals surface area contributed by atoms with Crippen LogP contribution < -0.4 is 19.7 Å². The van der Waals surface area contributed by atoms with E-state index in [-0.39, 0.29) is 5.91 Å². The smallest absolute Gasteiger partial charge is 0.224 e. The van der Waals surface area contributed by atoms with Crippen LogP contribution in [0.3, 0.4) is 0 Å². The van der Waals surface area contributed by atoms with E-state index in [0.717, 1.165) is 47.8 Å². The lowest BCUT2D eigenvalue weighted by molar-refractivity contribution is -0.116. The fourth-order valence-corrected chi connectivity index (χ4v) is 4.04. The van der Waals surface area contributed by atoms with E-state index in [0.29, 0.717) is 12.8 Å².